The molecule has 3 N–H and O–H groups in total. The van der Waals surface area contributed by atoms with Gasteiger partial charge in [0.25, 0.3) is 0 Å². The molecule has 132 valence electrons. The Kier molecular flexibility index (Phi) is 6.95. The predicted molar refractivity (Wildman–Crippen MR) is 82.1 cm³/mol. The van der Waals surface area contributed by atoms with Crippen LogP contribution in [0.2, 0.25) is 0 Å². The lowest BCUT2D eigenvalue weighted by Crippen LogP contribution is -2.43. The summed E-state index contributed by atoms with van der Waals surface area (Å²) in [6.45, 7) is 3.43. The molecule has 0 bridgehead atoms. The van der Waals surface area contributed by atoms with E-state index in [0.717, 1.165) is 0 Å². The van der Waals surface area contributed by atoms with Gasteiger partial charge in [-0.3, -0.25) is 9.59 Å². The molecule has 0 aromatic heterocycles. The molecule has 1 saturated heterocycles. The number of sulfonamides is 1. The molecular formula is C13H23N3O6S. The largest absolute Gasteiger partial charge is 0.480 e. The average molecular weight is 349 g/mol. The molecule has 10 heteroatoms. The second-order valence-corrected chi connectivity index (χ2v) is 7.62. The van der Waals surface area contributed by atoms with Gasteiger partial charge < -0.3 is 15.3 Å². The lowest BCUT2D eigenvalue weighted by molar-refractivity contribution is -0.148. The van der Waals surface area contributed by atoms with Crippen LogP contribution in [-0.4, -0.2) is 67.1 Å². The average Bonchev–Trinajstić information content (AvgIpc) is 2.92. The molecule has 0 unspecified atom stereocenters. The van der Waals surface area contributed by atoms with E-state index in [4.69, 9.17) is 5.11 Å². The van der Waals surface area contributed by atoms with E-state index in [-0.39, 0.29) is 12.5 Å². The molecule has 1 fully saturated rings. The second kappa shape index (κ2) is 8.25. The van der Waals surface area contributed by atoms with Crippen molar-refractivity contribution in [1.82, 2.24) is 14.9 Å². The Bertz CT molecular complexity index is 560. The highest BCUT2D eigenvalue weighted by Crippen LogP contribution is 2.18. The maximum absolute atomic E-state index is 12.0. The normalized spacial score (nSPS) is 18.2. The molecule has 0 aromatic carbocycles. The van der Waals surface area contributed by atoms with Gasteiger partial charge >= 0.3 is 5.97 Å². The number of hydrogen-bond donors (Lipinski definition) is 3. The van der Waals surface area contributed by atoms with E-state index in [1.165, 1.54) is 4.90 Å². The summed E-state index contributed by atoms with van der Waals surface area (Å²) in [7, 11) is -3.78. The molecule has 9 nitrogen and oxygen atoms in total. The number of carbonyl (C=O) groups excluding carboxylic acids is 2. The maximum atomic E-state index is 12.0. The topological polar surface area (TPSA) is 133 Å². The van der Waals surface area contributed by atoms with Gasteiger partial charge in [0.15, 0.2) is 0 Å². The molecule has 1 rings (SSSR count). The molecule has 1 heterocycles. The number of carboxylic acid groups (broad SMARTS) is 1. The third-order valence-electron chi connectivity index (χ3n) is 3.35. The SMILES string of the molecule is CC(C)NC(=O)CNS(=O)(=O)CCC(=O)N1CCC[C@@H]1C(=O)O. The monoisotopic (exact) mass is 349 g/mol. The Hall–Kier alpha value is -1.68. The molecule has 0 aromatic rings. The third-order valence-corrected chi connectivity index (χ3v) is 4.67. The predicted octanol–water partition coefficient (Wildman–Crippen LogP) is -1.10. The number of likely N-dealkylation sites (tertiary alicyclic amines) is 1. The number of nitrogens with zero attached hydrogens (tertiary/aromatic N) is 1. The summed E-state index contributed by atoms with van der Waals surface area (Å²) in [6.07, 6.45) is 0.648. The maximum Gasteiger partial charge on any atom is 0.326 e. The fourth-order valence-corrected chi connectivity index (χ4v) is 3.25. The van der Waals surface area contributed by atoms with E-state index in [1.54, 1.807) is 13.8 Å². The zero-order chi connectivity index (χ0) is 17.6. The van der Waals surface area contributed by atoms with Crippen LogP contribution in [0, 0.1) is 0 Å². The van der Waals surface area contributed by atoms with Gasteiger partial charge in [0, 0.05) is 19.0 Å². The van der Waals surface area contributed by atoms with E-state index in [9.17, 15) is 22.8 Å². The quantitative estimate of drug-likeness (QED) is 0.509. The van der Waals surface area contributed by atoms with Crippen LogP contribution in [0.3, 0.4) is 0 Å². The number of amides is 2. The van der Waals surface area contributed by atoms with Crippen LogP contribution in [0.15, 0.2) is 0 Å². The van der Waals surface area contributed by atoms with Crippen molar-refractivity contribution in [3.8, 4) is 0 Å². The van der Waals surface area contributed by atoms with Gasteiger partial charge in [-0.15, -0.1) is 0 Å². The zero-order valence-corrected chi connectivity index (χ0v) is 14.1. The van der Waals surface area contributed by atoms with Crippen molar-refractivity contribution in [1.29, 1.82) is 0 Å². The van der Waals surface area contributed by atoms with Crippen LogP contribution < -0.4 is 10.0 Å². The minimum Gasteiger partial charge on any atom is -0.480 e. The molecule has 1 aliphatic rings. The van der Waals surface area contributed by atoms with Crippen LogP contribution in [0.4, 0.5) is 0 Å². The van der Waals surface area contributed by atoms with E-state index in [0.29, 0.717) is 19.4 Å². The Labute approximate surface area is 135 Å². The first-order valence-corrected chi connectivity index (χ1v) is 9.06. The molecule has 0 aliphatic carbocycles. The Balaban J connectivity index is 2.45. The van der Waals surface area contributed by atoms with Crippen molar-refractivity contribution < 1.29 is 27.9 Å². The van der Waals surface area contributed by atoms with Crippen molar-refractivity contribution >= 4 is 27.8 Å². The van der Waals surface area contributed by atoms with Gasteiger partial charge in [0.2, 0.25) is 21.8 Å². The van der Waals surface area contributed by atoms with Crippen molar-refractivity contribution in [2.45, 2.75) is 45.2 Å². The zero-order valence-electron chi connectivity index (χ0n) is 13.2. The smallest absolute Gasteiger partial charge is 0.326 e. The van der Waals surface area contributed by atoms with Gasteiger partial charge in [0.05, 0.1) is 12.3 Å². The number of nitrogens with one attached hydrogen (secondary N) is 2. The fourth-order valence-electron chi connectivity index (χ4n) is 2.31. The van der Waals surface area contributed by atoms with E-state index < -0.39 is 46.1 Å². The summed E-state index contributed by atoms with van der Waals surface area (Å²) in [5, 5.41) is 11.5. The molecule has 0 saturated carbocycles. The second-order valence-electron chi connectivity index (χ2n) is 5.70. The Morgan fingerprint density at radius 3 is 2.52 bits per heavy atom. The van der Waals surface area contributed by atoms with Gasteiger partial charge in [-0.2, -0.15) is 0 Å². The summed E-state index contributed by atoms with van der Waals surface area (Å²) < 4.78 is 25.7. The Morgan fingerprint density at radius 1 is 1.30 bits per heavy atom. The van der Waals surface area contributed by atoms with Crippen LogP contribution in [0.5, 0.6) is 0 Å². The highest BCUT2D eigenvalue weighted by atomic mass is 32.2. The highest BCUT2D eigenvalue weighted by Gasteiger charge is 2.34. The minimum atomic E-state index is -3.78. The third kappa shape index (κ3) is 6.53. The first kappa shape index (κ1) is 19.4. The van der Waals surface area contributed by atoms with Gasteiger partial charge in [-0.1, -0.05) is 0 Å². The first-order chi connectivity index (χ1) is 10.6. The molecule has 1 atom stereocenters. The van der Waals surface area contributed by atoms with Gasteiger partial charge in [0.1, 0.15) is 6.04 Å². The number of carboxylic acids is 1. The van der Waals surface area contributed by atoms with Crippen molar-refractivity contribution in [2.24, 2.45) is 0 Å². The highest BCUT2D eigenvalue weighted by molar-refractivity contribution is 7.89. The summed E-state index contributed by atoms with van der Waals surface area (Å²) in [4.78, 5) is 35.6. The van der Waals surface area contributed by atoms with Crippen molar-refractivity contribution in [3.63, 3.8) is 0 Å². The van der Waals surface area contributed by atoms with E-state index in [1.807, 2.05) is 0 Å². The Morgan fingerprint density at radius 2 is 1.96 bits per heavy atom. The van der Waals surface area contributed by atoms with Crippen LogP contribution in [0.25, 0.3) is 0 Å². The van der Waals surface area contributed by atoms with Crippen LogP contribution >= 0.6 is 0 Å². The van der Waals surface area contributed by atoms with Crippen LogP contribution in [-0.2, 0) is 24.4 Å². The molecule has 0 spiro atoms. The lowest BCUT2D eigenvalue weighted by Gasteiger charge is -2.21. The molecule has 0 radical (unpaired) electrons. The summed E-state index contributed by atoms with van der Waals surface area (Å²) in [5.74, 6) is -2.53. The number of hydrogen-bond acceptors (Lipinski definition) is 5. The fraction of sp³-hybridized carbons (Fsp3) is 0.769. The van der Waals surface area contributed by atoms with Gasteiger partial charge in [-0.25, -0.2) is 17.9 Å². The molecule has 2 amide bonds. The summed E-state index contributed by atoms with van der Waals surface area (Å²) in [5.41, 5.74) is 0. The first-order valence-electron chi connectivity index (χ1n) is 7.41. The minimum absolute atomic E-state index is 0.100. The molecule has 23 heavy (non-hydrogen) atoms. The summed E-state index contributed by atoms with van der Waals surface area (Å²) in [6, 6.07) is -0.980. The standard InChI is InChI=1S/C13H23N3O6S/c1-9(2)15-11(17)8-14-23(21,22)7-5-12(18)16-6-3-4-10(16)13(19)20/h9-10,14H,3-8H2,1-2H3,(H,15,17)(H,19,20)/t10-/m1/s1. The summed E-state index contributed by atoms with van der Waals surface area (Å²) >= 11 is 0. The van der Waals surface area contributed by atoms with Crippen molar-refractivity contribution in [3.05, 3.63) is 0 Å². The van der Waals surface area contributed by atoms with E-state index >= 15 is 0 Å². The van der Waals surface area contributed by atoms with Gasteiger partial charge in [-0.05, 0) is 26.7 Å². The van der Waals surface area contributed by atoms with Crippen molar-refractivity contribution in [2.75, 3.05) is 18.8 Å². The number of aliphatic carboxylic acids is 1. The van der Waals surface area contributed by atoms with E-state index in [2.05, 4.69) is 10.0 Å². The number of carbonyl (C=O) groups is 3. The molecule has 1 aliphatic heterocycles. The van der Waals surface area contributed by atoms with Crippen LogP contribution in [0.1, 0.15) is 33.1 Å². The molecular weight excluding hydrogens is 326 g/mol. The lowest BCUT2D eigenvalue weighted by atomic mass is 10.2. The number of rotatable bonds is 8.